The van der Waals surface area contributed by atoms with Gasteiger partial charge in [0, 0.05) is 13.6 Å². The van der Waals surface area contributed by atoms with E-state index in [1.807, 2.05) is 0 Å². The molecule has 0 spiro atoms. The van der Waals surface area contributed by atoms with Gasteiger partial charge >= 0.3 is 0 Å². The molecule has 14 heavy (non-hydrogen) atoms. The van der Waals surface area contributed by atoms with E-state index in [1.54, 1.807) is 14.0 Å². The number of amides is 1. The van der Waals surface area contributed by atoms with Gasteiger partial charge in [0.05, 0.1) is 12.3 Å². The van der Waals surface area contributed by atoms with Crippen LogP contribution in [-0.4, -0.2) is 35.7 Å². The Hall–Kier alpha value is -1.14. The van der Waals surface area contributed by atoms with Crippen molar-refractivity contribution in [3.63, 3.8) is 0 Å². The van der Waals surface area contributed by atoms with Crippen LogP contribution < -0.4 is 10.6 Å². The fourth-order valence-corrected chi connectivity index (χ4v) is 1.51. The monoisotopic (exact) mass is 215 g/mol. The van der Waals surface area contributed by atoms with Crippen molar-refractivity contribution in [3.05, 3.63) is 11.1 Å². The van der Waals surface area contributed by atoms with Crippen LogP contribution >= 0.6 is 11.3 Å². The van der Waals surface area contributed by atoms with Gasteiger partial charge in [-0.1, -0.05) is 11.3 Å². The summed E-state index contributed by atoms with van der Waals surface area (Å²) < 4.78 is 0. The van der Waals surface area contributed by atoms with Crippen LogP contribution in [0.5, 0.6) is 0 Å². The van der Waals surface area contributed by atoms with Crippen molar-refractivity contribution >= 4 is 22.4 Å². The highest BCUT2D eigenvalue weighted by molar-refractivity contribution is 7.17. The highest BCUT2D eigenvalue weighted by Gasteiger charge is 2.09. The standard InChI is InChI=1S/C8H13N3O2S/c1-5(12)3-10-7(13)6-4-11-8(9-2)14-6/h4-5,12H,3H2,1-2H3,(H,9,11)(H,10,13)/t5-/m0/s1. The summed E-state index contributed by atoms with van der Waals surface area (Å²) in [5, 5.41) is 15.1. The van der Waals surface area contributed by atoms with Crippen molar-refractivity contribution in [1.29, 1.82) is 0 Å². The predicted molar refractivity (Wildman–Crippen MR) is 55.7 cm³/mol. The number of aliphatic hydroxyl groups excluding tert-OH is 1. The largest absolute Gasteiger partial charge is 0.392 e. The molecule has 0 radical (unpaired) electrons. The summed E-state index contributed by atoms with van der Waals surface area (Å²) in [5.41, 5.74) is 0. The van der Waals surface area contributed by atoms with E-state index in [0.29, 0.717) is 10.0 Å². The molecule has 0 aliphatic rings. The summed E-state index contributed by atoms with van der Waals surface area (Å²) in [6.45, 7) is 1.87. The lowest BCUT2D eigenvalue weighted by Crippen LogP contribution is -2.29. The maximum atomic E-state index is 11.4. The molecule has 0 unspecified atom stereocenters. The Morgan fingerprint density at radius 2 is 2.50 bits per heavy atom. The fourth-order valence-electron chi connectivity index (χ4n) is 0.822. The number of anilines is 1. The lowest BCUT2D eigenvalue weighted by molar-refractivity contribution is 0.0928. The van der Waals surface area contributed by atoms with Gasteiger partial charge in [0.2, 0.25) is 0 Å². The van der Waals surface area contributed by atoms with Gasteiger partial charge in [-0.15, -0.1) is 0 Å². The van der Waals surface area contributed by atoms with Gasteiger partial charge in [-0.3, -0.25) is 4.79 Å². The molecule has 1 rings (SSSR count). The number of carbonyl (C=O) groups is 1. The van der Waals surface area contributed by atoms with Crippen LogP contribution in [0.25, 0.3) is 0 Å². The average molecular weight is 215 g/mol. The molecule has 0 aromatic carbocycles. The van der Waals surface area contributed by atoms with Gasteiger partial charge in [-0.25, -0.2) is 4.98 Å². The second-order valence-corrected chi connectivity index (χ2v) is 3.87. The van der Waals surface area contributed by atoms with Crippen LogP contribution in [0.2, 0.25) is 0 Å². The normalized spacial score (nSPS) is 12.2. The number of rotatable bonds is 4. The summed E-state index contributed by atoms with van der Waals surface area (Å²) in [6, 6.07) is 0. The van der Waals surface area contributed by atoms with Gasteiger partial charge < -0.3 is 15.7 Å². The van der Waals surface area contributed by atoms with Crippen molar-refractivity contribution in [2.75, 3.05) is 18.9 Å². The molecule has 0 fully saturated rings. The molecule has 0 saturated carbocycles. The highest BCUT2D eigenvalue weighted by atomic mass is 32.1. The molecule has 1 heterocycles. The summed E-state index contributed by atoms with van der Waals surface area (Å²) >= 11 is 1.28. The molecule has 1 atom stereocenters. The Kier molecular flexibility index (Phi) is 3.84. The Morgan fingerprint density at radius 1 is 1.79 bits per heavy atom. The Bertz CT molecular complexity index is 311. The molecular formula is C8H13N3O2S. The quantitative estimate of drug-likeness (QED) is 0.675. The number of aliphatic hydroxyl groups is 1. The first-order valence-corrected chi connectivity index (χ1v) is 5.05. The van der Waals surface area contributed by atoms with Crippen LogP contribution in [0.4, 0.5) is 5.13 Å². The highest BCUT2D eigenvalue weighted by Crippen LogP contribution is 2.16. The zero-order valence-electron chi connectivity index (χ0n) is 8.07. The third-order valence-corrected chi connectivity index (χ3v) is 2.51. The second-order valence-electron chi connectivity index (χ2n) is 2.84. The maximum absolute atomic E-state index is 11.4. The predicted octanol–water partition coefficient (Wildman–Crippen LogP) is 0.295. The van der Waals surface area contributed by atoms with Gasteiger partial charge in [0.1, 0.15) is 4.88 Å². The molecule has 0 aliphatic heterocycles. The zero-order valence-corrected chi connectivity index (χ0v) is 8.89. The Morgan fingerprint density at radius 3 is 3.00 bits per heavy atom. The molecule has 6 heteroatoms. The summed E-state index contributed by atoms with van der Waals surface area (Å²) in [6.07, 6.45) is 0.976. The first-order valence-electron chi connectivity index (χ1n) is 4.23. The second kappa shape index (κ2) is 4.92. The average Bonchev–Trinajstić information content (AvgIpc) is 2.62. The van der Waals surface area contributed by atoms with Crippen LogP contribution in [0.1, 0.15) is 16.6 Å². The Labute approximate surface area is 86.2 Å². The van der Waals surface area contributed by atoms with E-state index in [1.165, 1.54) is 17.5 Å². The van der Waals surface area contributed by atoms with Crippen molar-refractivity contribution in [1.82, 2.24) is 10.3 Å². The summed E-state index contributed by atoms with van der Waals surface area (Å²) in [4.78, 5) is 15.9. The maximum Gasteiger partial charge on any atom is 0.263 e. The minimum Gasteiger partial charge on any atom is -0.392 e. The van der Waals surface area contributed by atoms with Crippen LogP contribution in [0.15, 0.2) is 6.20 Å². The lowest BCUT2D eigenvalue weighted by Gasteiger charge is -2.04. The van der Waals surface area contributed by atoms with Crippen LogP contribution in [0, 0.1) is 0 Å². The van der Waals surface area contributed by atoms with Gasteiger partial charge in [0.25, 0.3) is 5.91 Å². The molecule has 1 aromatic rings. The smallest absolute Gasteiger partial charge is 0.263 e. The third-order valence-electron chi connectivity index (χ3n) is 1.50. The van der Waals surface area contributed by atoms with E-state index >= 15 is 0 Å². The van der Waals surface area contributed by atoms with Gasteiger partial charge in [-0.2, -0.15) is 0 Å². The number of thiazole rings is 1. The molecule has 3 N–H and O–H groups in total. The van der Waals surface area contributed by atoms with Crippen molar-refractivity contribution in [2.45, 2.75) is 13.0 Å². The number of aromatic nitrogens is 1. The van der Waals surface area contributed by atoms with Crippen molar-refractivity contribution in [3.8, 4) is 0 Å². The number of hydrogen-bond acceptors (Lipinski definition) is 5. The molecule has 0 bridgehead atoms. The Balaban J connectivity index is 2.52. The summed E-state index contributed by atoms with van der Waals surface area (Å²) in [7, 11) is 1.75. The number of hydrogen-bond donors (Lipinski definition) is 3. The third kappa shape index (κ3) is 2.97. The fraction of sp³-hybridized carbons (Fsp3) is 0.500. The van der Waals surface area contributed by atoms with E-state index in [4.69, 9.17) is 5.11 Å². The zero-order chi connectivity index (χ0) is 10.6. The number of nitrogens with one attached hydrogen (secondary N) is 2. The molecule has 0 saturated heterocycles. The molecule has 1 aromatic heterocycles. The van der Waals surface area contributed by atoms with Gasteiger partial charge in [-0.05, 0) is 6.92 Å². The minimum atomic E-state index is -0.532. The van der Waals surface area contributed by atoms with E-state index < -0.39 is 6.10 Å². The lowest BCUT2D eigenvalue weighted by atomic mass is 10.4. The first kappa shape index (κ1) is 10.9. The van der Waals surface area contributed by atoms with Crippen molar-refractivity contribution < 1.29 is 9.90 Å². The molecular weight excluding hydrogens is 202 g/mol. The summed E-state index contributed by atoms with van der Waals surface area (Å²) in [5.74, 6) is -0.204. The first-order chi connectivity index (χ1) is 6.63. The van der Waals surface area contributed by atoms with Crippen LogP contribution in [0.3, 0.4) is 0 Å². The SMILES string of the molecule is CNc1ncc(C(=O)NC[C@H](C)O)s1. The number of carbonyl (C=O) groups excluding carboxylic acids is 1. The molecule has 1 amide bonds. The van der Waals surface area contributed by atoms with E-state index in [9.17, 15) is 4.79 Å². The number of nitrogens with zero attached hydrogens (tertiary/aromatic N) is 1. The van der Waals surface area contributed by atoms with E-state index in [0.717, 1.165) is 0 Å². The van der Waals surface area contributed by atoms with Gasteiger partial charge in [0.15, 0.2) is 5.13 Å². The van der Waals surface area contributed by atoms with E-state index in [2.05, 4.69) is 15.6 Å². The van der Waals surface area contributed by atoms with Crippen molar-refractivity contribution in [2.24, 2.45) is 0 Å². The molecule has 78 valence electrons. The topological polar surface area (TPSA) is 74.2 Å². The minimum absolute atomic E-state index is 0.204. The molecule has 5 nitrogen and oxygen atoms in total. The molecule has 0 aliphatic carbocycles. The van der Waals surface area contributed by atoms with E-state index in [-0.39, 0.29) is 12.5 Å². The van der Waals surface area contributed by atoms with Crippen LogP contribution in [-0.2, 0) is 0 Å².